The van der Waals surface area contributed by atoms with Crippen LogP contribution in [0.25, 0.3) is 10.9 Å². The Balaban J connectivity index is 1.50. The average Bonchev–Trinajstić information content (AvgIpc) is 3.44. The number of amides is 2. The van der Waals surface area contributed by atoms with E-state index in [1.807, 2.05) is 54.7 Å². The SMILES string of the molecule is O=C(CNC(=O)c1ccco1)NC[C@@H](c1ccccc1Cl)c1c[nH]c2ccccc12. The summed E-state index contributed by atoms with van der Waals surface area (Å²) >= 11 is 6.47. The zero-order valence-electron chi connectivity index (χ0n) is 16.0. The molecule has 0 radical (unpaired) electrons. The van der Waals surface area contributed by atoms with E-state index in [9.17, 15) is 9.59 Å². The van der Waals surface area contributed by atoms with Crippen molar-refractivity contribution in [3.05, 3.63) is 95.0 Å². The molecule has 2 amide bonds. The van der Waals surface area contributed by atoms with Crippen LogP contribution >= 0.6 is 11.6 Å². The summed E-state index contributed by atoms with van der Waals surface area (Å²) in [6, 6.07) is 18.7. The fourth-order valence-electron chi connectivity index (χ4n) is 3.46. The van der Waals surface area contributed by atoms with E-state index in [0.29, 0.717) is 11.6 Å². The highest BCUT2D eigenvalue weighted by atomic mass is 35.5. The maximum atomic E-state index is 12.4. The number of rotatable bonds is 7. The summed E-state index contributed by atoms with van der Waals surface area (Å²) in [6.45, 7) is 0.184. The van der Waals surface area contributed by atoms with Gasteiger partial charge in [-0.3, -0.25) is 9.59 Å². The zero-order chi connectivity index (χ0) is 20.9. The lowest BCUT2D eigenvalue weighted by molar-refractivity contribution is -0.120. The molecule has 0 aliphatic heterocycles. The van der Waals surface area contributed by atoms with E-state index < -0.39 is 5.91 Å². The molecule has 6 nitrogen and oxygen atoms in total. The molecule has 2 aromatic heterocycles. The number of fused-ring (bicyclic) bond motifs is 1. The van der Waals surface area contributed by atoms with Gasteiger partial charge in [-0.2, -0.15) is 0 Å². The second-order valence-corrected chi connectivity index (χ2v) is 7.23. The smallest absolute Gasteiger partial charge is 0.287 e. The van der Waals surface area contributed by atoms with E-state index in [1.54, 1.807) is 6.07 Å². The maximum Gasteiger partial charge on any atom is 0.287 e. The summed E-state index contributed by atoms with van der Waals surface area (Å²) in [4.78, 5) is 27.6. The summed E-state index contributed by atoms with van der Waals surface area (Å²) in [6.07, 6.45) is 3.36. The minimum Gasteiger partial charge on any atom is -0.459 e. The Morgan fingerprint density at radius 1 is 0.967 bits per heavy atom. The molecule has 3 N–H and O–H groups in total. The highest BCUT2D eigenvalue weighted by Gasteiger charge is 2.21. The number of hydrogen-bond donors (Lipinski definition) is 3. The van der Waals surface area contributed by atoms with Gasteiger partial charge in [0.05, 0.1) is 12.8 Å². The van der Waals surface area contributed by atoms with E-state index >= 15 is 0 Å². The van der Waals surface area contributed by atoms with Crippen molar-refractivity contribution >= 4 is 34.3 Å². The lowest BCUT2D eigenvalue weighted by Crippen LogP contribution is -2.38. The van der Waals surface area contributed by atoms with Gasteiger partial charge in [0, 0.05) is 34.6 Å². The van der Waals surface area contributed by atoms with Crippen LogP contribution in [0.5, 0.6) is 0 Å². The molecular weight excluding hydrogens is 402 g/mol. The van der Waals surface area contributed by atoms with Gasteiger partial charge in [0.25, 0.3) is 5.91 Å². The third-order valence-corrected chi connectivity index (χ3v) is 5.28. The van der Waals surface area contributed by atoms with Crippen LogP contribution < -0.4 is 10.6 Å². The molecule has 152 valence electrons. The molecule has 0 aliphatic rings. The Labute approximate surface area is 178 Å². The molecule has 7 heteroatoms. The minimum absolute atomic E-state index is 0.150. The van der Waals surface area contributed by atoms with Crippen LogP contribution in [-0.4, -0.2) is 29.9 Å². The first kappa shape index (κ1) is 19.8. The number of halogens is 1. The molecule has 0 bridgehead atoms. The highest BCUT2D eigenvalue weighted by molar-refractivity contribution is 6.31. The number of furan rings is 1. The second-order valence-electron chi connectivity index (χ2n) is 6.83. The molecule has 4 rings (SSSR count). The Bertz CT molecular complexity index is 1170. The summed E-state index contributed by atoms with van der Waals surface area (Å²) in [5.41, 5.74) is 2.98. The van der Waals surface area contributed by atoms with Crippen molar-refractivity contribution in [2.45, 2.75) is 5.92 Å². The fourth-order valence-corrected chi connectivity index (χ4v) is 3.73. The van der Waals surface area contributed by atoms with Gasteiger partial charge in [-0.15, -0.1) is 0 Å². The fraction of sp³-hybridized carbons (Fsp3) is 0.130. The van der Waals surface area contributed by atoms with Crippen LogP contribution in [0.1, 0.15) is 27.6 Å². The van der Waals surface area contributed by atoms with Crippen molar-refractivity contribution in [3.63, 3.8) is 0 Å². The Morgan fingerprint density at radius 3 is 2.57 bits per heavy atom. The monoisotopic (exact) mass is 421 g/mol. The van der Waals surface area contributed by atoms with Gasteiger partial charge in [0.2, 0.25) is 5.91 Å². The number of aromatic nitrogens is 1. The predicted octanol–water partition coefficient (Wildman–Crippen LogP) is 4.09. The second kappa shape index (κ2) is 8.88. The van der Waals surface area contributed by atoms with Crippen molar-refractivity contribution in [1.29, 1.82) is 0 Å². The molecular formula is C23H20ClN3O3. The lowest BCUT2D eigenvalue weighted by Gasteiger charge is -2.19. The Kier molecular flexibility index (Phi) is 5.86. The molecule has 30 heavy (non-hydrogen) atoms. The lowest BCUT2D eigenvalue weighted by atomic mass is 9.90. The largest absolute Gasteiger partial charge is 0.459 e. The molecule has 0 saturated carbocycles. The van der Waals surface area contributed by atoms with Gasteiger partial charge in [0.15, 0.2) is 5.76 Å². The summed E-state index contributed by atoms with van der Waals surface area (Å²) in [7, 11) is 0. The van der Waals surface area contributed by atoms with E-state index in [-0.39, 0.29) is 24.1 Å². The third kappa shape index (κ3) is 4.23. The number of hydrogen-bond acceptors (Lipinski definition) is 3. The van der Waals surface area contributed by atoms with E-state index in [4.69, 9.17) is 16.0 Å². The van der Waals surface area contributed by atoms with Crippen molar-refractivity contribution in [2.24, 2.45) is 0 Å². The normalized spacial score (nSPS) is 11.9. The summed E-state index contributed by atoms with van der Waals surface area (Å²) in [5, 5.41) is 7.16. The summed E-state index contributed by atoms with van der Waals surface area (Å²) in [5.74, 6) is -0.726. The van der Waals surface area contributed by atoms with Crippen LogP contribution in [0.2, 0.25) is 5.02 Å². The molecule has 2 heterocycles. The Morgan fingerprint density at radius 2 is 1.77 bits per heavy atom. The van der Waals surface area contributed by atoms with Crippen molar-refractivity contribution < 1.29 is 14.0 Å². The van der Waals surface area contributed by atoms with Crippen molar-refractivity contribution in [1.82, 2.24) is 15.6 Å². The van der Waals surface area contributed by atoms with Gasteiger partial charge in [-0.1, -0.05) is 48.0 Å². The van der Waals surface area contributed by atoms with E-state index in [0.717, 1.165) is 22.0 Å². The number of nitrogens with one attached hydrogen (secondary N) is 3. The van der Waals surface area contributed by atoms with Crippen LogP contribution in [0.15, 0.2) is 77.5 Å². The van der Waals surface area contributed by atoms with Crippen LogP contribution in [-0.2, 0) is 4.79 Å². The number of para-hydroxylation sites is 1. The number of benzene rings is 2. The summed E-state index contributed by atoms with van der Waals surface area (Å²) < 4.78 is 5.02. The number of aromatic amines is 1. The first-order valence-corrected chi connectivity index (χ1v) is 9.90. The molecule has 0 fully saturated rings. The number of carbonyl (C=O) groups excluding carboxylic acids is 2. The molecule has 0 unspecified atom stereocenters. The van der Waals surface area contributed by atoms with Crippen LogP contribution in [0.4, 0.5) is 0 Å². The molecule has 2 aromatic carbocycles. The van der Waals surface area contributed by atoms with Crippen LogP contribution in [0, 0.1) is 0 Å². The molecule has 4 aromatic rings. The molecule has 0 aliphatic carbocycles. The molecule has 0 spiro atoms. The minimum atomic E-state index is -0.436. The zero-order valence-corrected chi connectivity index (χ0v) is 16.8. The predicted molar refractivity (Wildman–Crippen MR) is 116 cm³/mol. The first-order valence-electron chi connectivity index (χ1n) is 9.52. The topological polar surface area (TPSA) is 87.1 Å². The standard InChI is InChI=1S/C23H20ClN3O3/c24-19-8-3-1-6-15(19)17(18-12-25-20-9-4-2-7-16(18)20)13-26-22(28)14-27-23(29)21-10-5-11-30-21/h1-12,17,25H,13-14H2,(H,26,28)(H,27,29)/t17-/m0/s1. The number of H-pyrrole nitrogens is 1. The van der Waals surface area contributed by atoms with E-state index in [1.165, 1.54) is 12.3 Å². The van der Waals surface area contributed by atoms with Crippen molar-refractivity contribution in [3.8, 4) is 0 Å². The van der Waals surface area contributed by atoms with E-state index in [2.05, 4.69) is 15.6 Å². The maximum absolute atomic E-state index is 12.4. The Hall–Kier alpha value is -3.51. The van der Waals surface area contributed by atoms with Gasteiger partial charge >= 0.3 is 0 Å². The molecule has 0 saturated heterocycles. The van der Waals surface area contributed by atoms with Gasteiger partial charge in [0.1, 0.15) is 0 Å². The van der Waals surface area contributed by atoms with Gasteiger partial charge in [-0.25, -0.2) is 0 Å². The molecule has 1 atom stereocenters. The first-order chi connectivity index (χ1) is 14.6. The van der Waals surface area contributed by atoms with Gasteiger partial charge < -0.3 is 20.0 Å². The van der Waals surface area contributed by atoms with Crippen LogP contribution in [0.3, 0.4) is 0 Å². The highest BCUT2D eigenvalue weighted by Crippen LogP contribution is 2.33. The van der Waals surface area contributed by atoms with Crippen molar-refractivity contribution in [2.75, 3.05) is 13.1 Å². The third-order valence-electron chi connectivity index (χ3n) is 4.94. The average molecular weight is 422 g/mol. The van der Waals surface area contributed by atoms with Gasteiger partial charge in [-0.05, 0) is 35.4 Å². The number of carbonyl (C=O) groups is 2. The quantitative estimate of drug-likeness (QED) is 0.420.